The van der Waals surface area contributed by atoms with Gasteiger partial charge in [-0.05, 0) is 63.6 Å². The van der Waals surface area contributed by atoms with Gasteiger partial charge in [-0.15, -0.1) is 0 Å². The number of halogens is 1. The largest absolute Gasteiger partial charge is 0.390 e. The minimum Gasteiger partial charge on any atom is -0.390 e. The first kappa shape index (κ1) is 18.5. The molecule has 3 heterocycles. The summed E-state index contributed by atoms with van der Waals surface area (Å²) in [6.45, 7) is 4.15. The number of nitrogens with zero attached hydrogens (tertiary/aromatic N) is 3. The fourth-order valence-electron chi connectivity index (χ4n) is 4.07. The Labute approximate surface area is 165 Å². The van der Waals surface area contributed by atoms with Crippen molar-refractivity contribution in [1.82, 2.24) is 9.97 Å². The third-order valence-corrected chi connectivity index (χ3v) is 5.99. The molecule has 2 aromatic rings. The minimum absolute atomic E-state index is 0.325. The van der Waals surface area contributed by atoms with Crippen LogP contribution in [0.3, 0.4) is 0 Å². The van der Waals surface area contributed by atoms with E-state index in [-0.39, 0.29) is 0 Å². The summed E-state index contributed by atoms with van der Waals surface area (Å²) >= 11 is 6.16. The molecule has 2 N–H and O–H groups in total. The van der Waals surface area contributed by atoms with Gasteiger partial charge in [-0.3, -0.25) is 4.98 Å². The van der Waals surface area contributed by atoms with Crippen molar-refractivity contribution in [3.05, 3.63) is 35.7 Å². The lowest BCUT2D eigenvalue weighted by atomic mass is 9.83. The SMILES string of the molecule is CC1(O)CCC(Nc2cc(Cl)ncc2-c2ccc(N3CCCC3)cn2)CC1. The second kappa shape index (κ2) is 7.64. The maximum atomic E-state index is 10.2. The number of aromatic nitrogens is 2. The lowest BCUT2D eigenvalue weighted by Crippen LogP contribution is -2.35. The molecule has 1 saturated carbocycles. The lowest BCUT2D eigenvalue weighted by molar-refractivity contribution is 0.0196. The van der Waals surface area contributed by atoms with E-state index < -0.39 is 5.60 Å². The van der Waals surface area contributed by atoms with Crippen molar-refractivity contribution in [3.63, 3.8) is 0 Å². The van der Waals surface area contributed by atoms with Gasteiger partial charge in [-0.1, -0.05) is 11.6 Å². The van der Waals surface area contributed by atoms with E-state index in [1.54, 1.807) is 6.20 Å². The highest BCUT2D eigenvalue weighted by atomic mass is 35.5. The van der Waals surface area contributed by atoms with Crippen LogP contribution in [0.15, 0.2) is 30.6 Å². The Morgan fingerprint density at radius 2 is 1.89 bits per heavy atom. The highest BCUT2D eigenvalue weighted by Crippen LogP contribution is 2.34. The number of hydrogen-bond donors (Lipinski definition) is 2. The zero-order chi connectivity index (χ0) is 18.9. The van der Waals surface area contributed by atoms with Gasteiger partial charge in [0.15, 0.2) is 0 Å². The predicted molar refractivity (Wildman–Crippen MR) is 110 cm³/mol. The van der Waals surface area contributed by atoms with Gasteiger partial charge in [0.05, 0.1) is 23.2 Å². The van der Waals surface area contributed by atoms with Crippen LogP contribution in [0, 0.1) is 0 Å². The van der Waals surface area contributed by atoms with E-state index in [0.29, 0.717) is 11.2 Å². The molecule has 0 amide bonds. The van der Waals surface area contributed by atoms with Crippen molar-refractivity contribution >= 4 is 23.0 Å². The Morgan fingerprint density at radius 3 is 2.56 bits per heavy atom. The Morgan fingerprint density at radius 1 is 1.15 bits per heavy atom. The van der Waals surface area contributed by atoms with Crippen molar-refractivity contribution in [2.45, 2.75) is 57.1 Å². The highest BCUT2D eigenvalue weighted by Gasteiger charge is 2.29. The number of rotatable bonds is 4. The normalized spacial score (nSPS) is 25.6. The van der Waals surface area contributed by atoms with Gasteiger partial charge in [-0.25, -0.2) is 4.98 Å². The number of aliphatic hydroxyl groups is 1. The molecule has 0 bridgehead atoms. The molecule has 1 saturated heterocycles. The average Bonchev–Trinajstić information content (AvgIpc) is 3.19. The minimum atomic E-state index is -0.538. The lowest BCUT2D eigenvalue weighted by Gasteiger charge is -2.34. The van der Waals surface area contributed by atoms with Crippen LogP contribution < -0.4 is 10.2 Å². The molecular formula is C21H27ClN4O. The van der Waals surface area contributed by atoms with Crippen LogP contribution in [-0.2, 0) is 0 Å². The Bertz CT molecular complexity index is 777. The van der Waals surface area contributed by atoms with Crippen LogP contribution in [-0.4, -0.2) is 39.8 Å². The fraction of sp³-hybridized carbons (Fsp3) is 0.524. The highest BCUT2D eigenvalue weighted by molar-refractivity contribution is 6.29. The van der Waals surface area contributed by atoms with E-state index in [1.165, 1.54) is 18.5 Å². The van der Waals surface area contributed by atoms with Crippen molar-refractivity contribution in [2.75, 3.05) is 23.3 Å². The molecule has 0 atom stereocenters. The summed E-state index contributed by atoms with van der Waals surface area (Å²) in [6, 6.07) is 6.41. The molecule has 0 aromatic carbocycles. The van der Waals surface area contributed by atoms with E-state index in [2.05, 4.69) is 27.3 Å². The molecule has 144 valence electrons. The second-order valence-electron chi connectivity index (χ2n) is 8.06. The van der Waals surface area contributed by atoms with Gasteiger partial charge in [0.25, 0.3) is 0 Å². The summed E-state index contributed by atoms with van der Waals surface area (Å²) < 4.78 is 0. The first-order valence-electron chi connectivity index (χ1n) is 9.86. The van der Waals surface area contributed by atoms with Crippen molar-refractivity contribution in [1.29, 1.82) is 0 Å². The smallest absolute Gasteiger partial charge is 0.131 e. The molecule has 4 rings (SSSR count). The van der Waals surface area contributed by atoms with E-state index >= 15 is 0 Å². The summed E-state index contributed by atoms with van der Waals surface area (Å²) in [5, 5.41) is 14.3. The van der Waals surface area contributed by atoms with E-state index in [0.717, 1.165) is 55.7 Å². The van der Waals surface area contributed by atoms with Crippen molar-refractivity contribution < 1.29 is 5.11 Å². The van der Waals surface area contributed by atoms with Crippen molar-refractivity contribution in [3.8, 4) is 11.3 Å². The Kier molecular flexibility index (Phi) is 5.24. The molecule has 27 heavy (non-hydrogen) atoms. The summed E-state index contributed by atoms with van der Waals surface area (Å²) in [5.41, 5.74) is 3.46. The molecule has 1 aliphatic carbocycles. The molecule has 6 heteroatoms. The van der Waals surface area contributed by atoms with E-state index in [4.69, 9.17) is 16.6 Å². The van der Waals surface area contributed by atoms with E-state index in [1.807, 2.05) is 19.2 Å². The monoisotopic (exact) mass is 386 g/mol. The fourth-order valence-corrected chi connectivity index (χ4v) is 4.22. The second-order valence-corrected chi connectivity index (χ2v) is 8.45. The summed E-state index contributed by atoms with van der Waals surface area (Å²) in [7, 11) is 0. The third-order valence-electron chi connectivity index (χ3n) is 5.79. The van der Waals surface area contributed by atoms with Gasteiger partial charge in [0.1, 0.15) is 5.15 Å². The first-order chi connectivity index (χ1) is 13.0. The van der Waals surface area contributed by atoms with Crippen LogP contribution in [0.5, 0.6) is 0 Å². The zero-order valence-corrected chi connectivity index (χ0v) is 16.5. The van der Waals surface area contributed by atoms with Crippen LogP contribution in [0.2, 0.25) is 5.15 Å². The number of hydrogen-bond acceptors (Lipinski definition) is 5. The van der Waals surface area contributed by atoms with Gasteiger partial charge < -0.3 is 15.3 Å². The standard InChI is InChI=1S/C21H27ClN4O/c1-21(27)8-6-15(7-9-21)25-19-12-20(22)24-14-17(19)18-5-4-16(13-23-18)26-10-2-3-11-26/h4-5,12-15,27H,2-3,6-11H2,1H3,(H,24,25). The molecule has 2 fully saturated rings. The Hall–Kier alpha value is -1.85. The third kappa shape index (κ3) is 4.36. The summed E-state index contributed by atoms with van der Waals surface area (Å²) in [6.07, 6.45) is 9.75. The van der Waals surface area contributed by atoms with E-state index in [9.17, 15) is 5.11 Å². The molecule has 0 radical (unpaired) electrons. The van der Waals surface area contributed by atoms with Gasteiger partial charge >= 0.3 is 0 Å². The predicted octanol–water partition coefficient (Wildman–Crippen LogP) is 4.50. The number of anilines is 2. The number of nitrogens with one attached hydrogen (secondary N) is 1. The quantitative estimate of drug-likeness (QED) is 0.757. The number of pyridine rings is 2. The summed E-state index contributed by atoms with van der Waals surface area (Å²) in [4.78, 5) is 11.3. The van der Waals surface area contributed by atoms with Crippen molar-refractivity contribution in [2.24, 2.45) is 0 Å². The zero-order valence-electron chi connectivity index (χ0n) is 15.8. The average molecular weight is 387 g/mol. The van der Waals surface area contributed by atoms with Crippen LogP contribution in [0.1, 0.15) is 45.4 Å². The molecule has 2 aliphatic rings. The van der Waals surface area contributed by atoms with Gasteiger partial charge in [0.2, 0.25) is 0 Å². The van der Waals surface area contributed by atoms with Gasteiger partial charge in [0, 0.05) is 36.6 Å². The van der Waals surface area contributed by atoms with Crippen LogP contribution in [0.25, 0.3) is 11.3 Å². The molecule has 1 aliphatic heterocycles. The maximum Gasteiger partial charge on any atom is 0.131 e. The van der Waals surface area contributed by atoms with Gasteiger partial charge in [-0.2, -0.15) is 0 Å². The molecular weight excluding hydrogens is 360 g/mol. The van der Waals surface area contributed by atoms with Crippen LogP contribution >= 0.6 is 11.6 Å². The van der Waals surface area contributed by atoms with Crippen LogP contribution in [0.4, 0.5) is 11.4 Å². The molecule has 0 spiro atoms. The molecule has 0 unspecified atom stereocenters. The maximum absolute atomic E-state index is 10.2. The molecule has 2 aromatic heterocycles. The summed E-state index contributed by atoms with van der Waals surface area (Å²) in [5.74, 6) is 0. The Balaban J connectivity index is 1.54. The first-order valence-corrected chi connectivity index (χ1v) is 10.2. The molecule has 5 nitrogen and oxygen atoms in total. The topological polar surface area (TPSA) is 61.3 Å².